The largest absolute Gasteiger partial charge is 0.394 e. The van der Waals surface area contributed by atoms with Crippen LogP contribution in [0.2, 0.25) is 0 Å². The molecule has 0 aliphatic heterocycles. The van der Waals surface area contributed by atoms with Crippen molar-refractivity contribution in [2.24, 2.45) is 5.84 Å². The van der Waals surface area contributed by atoms with Crippen molar-refractivity contribution in [2.45, 2.75) is 45.6 Å². The summed E-state index contributed by atoms with van der Waals surface area (Å²) in [5.74, 6) is 7.29. The first-order valence-electron chi connectivity index (χ1n) is 6.89. The zero-order chi connectivity index (χ0) is 15.2. The zero-order valence-corrected chi connectivity index (χ0v) is 12.4. The van der Waals surface area contributed by atoms with Gasteiger partial charge in [-0.15, -0.1) is 0 Å². The van der Waals surface area contributed by atoms with Crippen LogP contribution in [0.25, 0.3) is 0 Å². The lowest BCUT2D eigenvalue weighted by molar-refractivity contribution is 0.132. The van der Waals surface area contributed by atoms with Gasteiger partial charge in [0.05, 0.1) is 18.8 Å². The minimum absolute atomic E-state index is 0.183. The van der Waals surface area contributed by atoms with Gasteiger partial charge in [0, 0.05) is 12.0 Å². The molecule has 1 aromatic heterocycles. The number of hydrogen-bond acceptors (Lipinski definition) is 7. The van der Waals surface area contributed by atoms with E-state index < -0.39 is 5.54 Å². The molecule has 0 bridgehead atoms. The van der Waals surface area contributed by atoms with E-state index in [0.717, 1.165) is 18.4 Å². The standard InChI is InChI=1S/C13H25N5O2/c1-4-6-10-15-11(9(3)12(16-10)18-14)17-13(5-2,7-19)8-20/h19-20H,4-8,14H2,1-3H3,(H2,15,16,17,18). The summed E-state index contributed by atoms with van der Waals surface area (Å²) in [7, 11) is 0. The van der Waals surface area contributed by atoms with Gasteiger partial charge in [-0.25, -0.2) is 15.8 Å². The SMILES string of the molecule is CCCc1nc(NN)c(C)c(NC(CC)(CO)CO)n1. The van der Waals surface area contributed by atoms with Gasteiger partial charge in [0.2, 0.25) is 0 Å². The maximum atomic E-state index is 9.52. The first-order chi connectivity index (χ1) is 9.55. The van der Waals surface area contributed by atoms with E-state index in [0.29, 0.717) is 23.9 Å². The van der Waals surface area contributed by atoms with Crippen LogP contribution in [-0.2, 0) is 6.42 Å². The van der Waals surface area contributed by atoms with E-state index >= 15 is 0 Å². The number of aromatic nitrogens is 2. The van der Waals surface area contributed by atoms with Crippen LogP contribution in [0, 0.1) is 6.92 Å². The number of nitrogens with zero attached hydrogens (tertiary/aromatic N) is 2. The lowest BCUT2D eigenvalue weighted by Crippen LogP contribution is -2.45. The molecule has 20 heavy (non-hydrogen) atoms. The third-order valence-electron chi connectivity index (χ3n) is 3.47. The highest BCUT2D eigenvalue weighted by molar-refractivity contribution is 5.57. The predicted octanol–water partition coefficient (Wildman–Crippen LogP) is 0.568. The summed E-state index contributed by atoms with van der Waals surface area (Å²) in [5, 5.41) is 22.2. The summed E-state index contributed by atoms with van der Waals surface area (Å²) in [4.78, 5) is 8.80. The number of aliphatic hydroxyl groups excluding tert-OH is 2. The van der Waals surface area contributed by atoms with Crippen molar-refractivity contribution < 1.29 is 10.2 Å². The Morgan fingerprint density at radius 3 is 2.20 bits per heavy atom. The third-order valence-corrected chi connectivity index (χ3v) is 3.47. The maximum absolute atomic E-state index is 9.52. The fourth-order valence-electron chi connectivity index (χ4n) is 1.85. The molecule has 1 heterocycles. The molecule has 0 aliphatic rings. The second-order valence-electron chi connectivity index (χ2n) is 4.93. The second kappa shape index (κ2) is 7.37. The maximum Gasteiger partial charge on any atom is 0.148 e. The van der Waals surface area contributed by atoms with Gasteiger partial charge in [-0.3, -0.25) is 0 Å². The van der Waals surface area contributed by atoms with Crippen molar-refractivity contribution in [3.8, 4) is 0 Å². The van der Waals surface area contributed by atoms with E-state index in [-0.39, 0.29) is 13.2 Å². The molecule has 0 atom stereocenters. The highest BCUT2D eigenvalue weighted by Gasteiger charge is 2.28. The van der Waals surface area contributed by atoms with Gasteiger partial charge in [0.25, 0.3) is 0 Å². The van der Waals surface area contributed by atoms with Crippen LogP contribution < -0.4 is 16.6 Å². The van der Waals surface area contributed by atoms with E-state index in [4.69, 9.17) is 5.84 Å². The smallest absolute Gasteiger partial charge is 0.148 e. The van der Waals surface area contributed by atoms with Crippen molar-refractivity contribution in [3.63, 3.8) is 0 Å². The Morgan fingerprint density at radius 2 is 1.75 bits per heavy atom. The molecule has 6 N–H and O–H groups in total. The Hall–Kier alpha value is -1.44. The zero-order valence-electron chi connectivity index (χ0n) is 12.4. The van der Waals surface area contributed by atoms with E-state index in [1.165, 1.54) is 0 Å². The molecule has 0 fully saturated rings. The van der Waals surface area contributed by atoms with E-state index in [1.807, 2.05) is 20.8 Å². The van der Waals surface area contributed by atoms with Crippen LogP contribution in [0.1, 0.15) is 38.1 Å². The fraction of sp³-hybridized carbons (Fsp3) is 0.692. The van der Waals surface area contributed by atoms with Gasteiger partial charge < -0.3 is 21.0 Å². The molecule has 0 unspecified atom stereocenters. The Morgan fingerprint density at radius 1 is 1.15 bits per heavy atom. The number of aliphatic hydroxyl groups is 2. The molecule has 0 saturated heterocycles. The molecule has 0 saturated carbocycles. The van der Waals surface area contributed by atoms with Crippen LogP contribution in [0.4, 0.5) is 11.6 Å². The lowest BCUT2D eigenvalue weighted by Gasteiger charge is -2.31. The van der Waals surface area contributed by atoms with Crippen molar-refractivity contribution in [3.05, 3.63) is 11.4 Å². The Bertz CT molecular complexity index is 427. The summed E-state index contributed by atoms with van der Waals surface area (Å²) in [6, 6.07) is 0. The summed E-state index contributed by atoms with van der Waals surface area (Å²) < 4.78 is 0. The number of nitrogens with one attached hydrogen (secondary N) is 2. The van der Waals surface area contributed by atoms with Crippen LogP contribution >= 0.6 is 0 Å². The number of aryl methyl sites for hydroxylation is 1. The van der Waals surface area contributed by atoms with Crippen molar-refractivity contribution >= 4 is 11.6 Å². The van der Waals surface area contributed by atoms with Crippen molar-refractivity contribution in [1.29, 1.82) is 0 Å². The van der Waals surface area contributed by atoms with Gasteiger partial charge in [-0.2, -0.15) is 0 Å². The molecule has 0 amide bonds. The molecule has 7 heteroatoms. The quantitative estimate of drug-likeness (QED) is 0.350. The van der Waals surface area contributed by atoms with Gasteiger partial charge in [0.1, 0.15) is 17.5 Å². The second-order valence-corrected chi connectivity index (χ2v) is 4.93. The molecule has 1 rings (SSSR count). The average Bonchev–Trinajstić information content (AvgIpc) is 2.48. The predicted molar refractivity (Wildman–Crippen MR) is 79.4 cm³/mol. The normalized spacial score (nSPS) is 11.5. The monoisotopic (exact) mass is 283 g/mol. The lowest BCUT2D eigenvalue weighted by atomic mass is 9.98. The molecule has 7 nitrogen and oxygen atoms in total. The number of hydrogen-bond donors (Lipinski definition) is 5. The molecular weight excluding hydrogens is 258 g/mol. The van der Waals surface area contributed by atoms with E-state index in [9.17, 15) is 10.2 Å². The highest BCUT2D eigenvalue weighted by Crippen LogP contribution is 2.24. The Kier molecular flexibility index (Phi) is 6.12. The molecular formula is C13H25N5O2. The number of nitrogen functional groups attached to an aromatic ring is 1. The number of hydrazine groups is 1. The number of rotatable bonds is 8. The molecule has 1 aromatic rings. The minimum Gasteiger partial charge on any atom is -0.394 e. The van der Waals surface area contributed by atoms with Gasteiger partial charge >= 0.3 is 0 Å². The first-order valence-corrected chi connectivity index (χ1v) is 6.89. The molecule has 0 aromatic carbocycles. The van der Waals surface area contributed by atoms with Gasteiger partial charge in [-0.1, -0.05) is 13.8 Å². The van der Waals surface area contributed by atoms with Gasteiger partial charge in [-0.05, 0) is 19.8 Å². The summed E-state index contributed by atoms with van der Waals surface area (Å²) >= 11 is 0. The van der Waals surface area contributed by atoms with Crippen LogP contribution in [-0.4, -0.2) is 38.9 Å². The molecule has 0 spiro atoms. The van der Waals surface area contributed by atoms with Crippen LogP contribution in [0.15, 0.2) is 0 Å². The highest BCUT2D eigenvalue weighted by atomic mass is 16.3. The molecule has 0 aliphatic carbocycles. The van der Waals surface area contributed by atoms with Gasteiger partial charge in [0.15, 0.2) is 0 Å². The Labute approximate surface area is 119 Å². The first kappa shape index (κ1) is 16.6. The summed E-state index contributed by atoms with van der Waals surface area (Å²) in [6.07, 6.45) is 2.23. The topological polar surface area (TPSA) is 116 Å². The van der Waals surface area contributed by atoms with Crippen molar-refractivity contribution in [2.75, 3.05) is 24.0 Å². The third kappa shape index (κ3) is 3.56. The summed E-state index contributed by atoms with van der Waals surface area (Å²) in [6.45, 7) is 5.41. The van der Waals surface area contributed by atoms with Crippen LogP contribution in [0.3, 0.4) is 0 Å². The summed E-state index contributed by atoms with van der Waals surface area (Å²) in [5.41, 5.74) is 2.52. The number of nitrogens with two attached hydrogens (primary N) is 1. The fourth-order valence-corrected chi connectivity index (χ4v) is 1.85. The average molecular weight is 283 g/mol. The number of anilines is 2. The van der Waals surface area contributed by atoms with E-state index in [1.54, 1.807) is 0 Å². The molecule has 0 radical (unpaired) electrons. The van der Waals surface area contributed by atoms with Crippen molar-refractivity contribution in [1.82, 2.24) is 9.97 Å². The minimum atomic E-state index is -0.797. The van der Waals surface area contributed by atoms with E-state index in [2.05, 4.69) is 20.7 Å². The Balaban J connectivity index is 3.18. The molecule has 114 valence electrons. The van der Waals surface area contributed by atoms with Crippen LogP contribution in [0.5, 0.6) is 0 Å².